The zero-order valence-corrected chi connectivity index (χ0v) is 9.63. The van der Waals surface area contributed by atoms with E-state index >= 15 is 0 Å². The average Bonchev–Trinajstić information content (AvgIpc) is 2.16. The lowest BCUT2D eigenvalue weighted by Crippen LogP contribution is -2.44. The molecule has 0 aliphatic heterocycles. The van der Waals surface area contributed by atoms with E-state index in [0.717, 1.165) is 12.8 Å². The molecule has 0 aliphatic carbocycles. The van der Waals surface area contributed by atoms with E-state index < -0.39 is 6.29 Å². The first-order valence-electron chi connectivity index (χ1n) is 6.00. The molecule has 14 heavy (non-hydrogen) atoms. The molecule has 0 fully saturated rings. The quantitative estimate of drug-likeness (QED) is 0.421. The lowest BCUT2D eigenvalue weighted by atomic mass is 10.0. The normalized spacial score (nSPS) is 13.5. The molecule has 0 aromatic heterocycles. The summed E-state index contributed by atoms with van der Waals surface area (Å²) < 4.78 is 0. The molecule has 0 aromatic carbocycles. The molecule has 0 aromatic rings. The highest BCUT2D eigenvalue weighted by Gasteiger charge is 1.97. The van der Waals surface area contributed by atoms with Gasteiger partial charge in [-0.1, -0.05) is 71.1 Å². The summed E-state index contributed by atoms with van der Waals surface area (Å²) in [7, 11) is 0. The van der Waals surface area contributed by atoms with E-state index in [-0.39, 0.29) is 5.92 Å². The van der Waals surface area contributed by atoms with Crippen LogP contribution in [-0.4, -0.2) is 6.29 Å². The summed E-state index contributed by atoms with van der Waals surface area (Å²) in [5, 5.41) is 21.0. The summed E-state index contributed by atoms with van der Waals surface area (Å²) in [5.41, 5.74) is 0. The van der Waals surface area contributed by atoms with E-state index in [0.29, 0.717) is 0 Å². The molecule has 0 bridgehead atoms. The van der Waals surface area contributed by atoms with Crippen LogP contribution >= 0.6 is 0 Å². The van der Waals surface area contributed by atoms with Crippen LogP contribution in [0.5, 0.6) is 0 Å². The highest BCUT2D eigenvalue weighted by Crippen LogP contribution is 2.12. The molecule has 0 heterocycles. The Morgan fingerprint density at radius 1 is 0.857 bits per heavy atom. The molecule has 0 saturated heterocycles. The lowest BCUT2D eigenvalue weighted by Gasteiger charge is -2.35. The van der Waals surface area contributed by atoms with Crippen molar-refractivity contribution in [2.24, 2.45) is 5.92 Å². The number of hydrogen-bond donors (Lipinski definition) is 0. The fourth-order valence-electron chi connectivity index (χ4n) is 1.56. The van der Waals surface area contributed by atoms with E-state index in [2.05, 4.69) is 6.92 Å². The summed E-state index contributed by atoms with van der Waals surface area (Å²) in [6, 6.07) is 0. The molecule has 1 atom stereocenters. The minimum atomic E-state index is -1.63. The largest absolute Gasteiger partial charge is 0.865 e. The third-order valence-corrected chi connectivity index (χ3v) is 2.73. The van der Waals surface area contributed by atoms with E-state index in [9.17, 15) is 10.2 Å². The topological polar surface area (TPSA) is 46.1 Å². The van der Waals surface area contributed by atoms with Gasteiger partial charge in [0.1, 0.15) is 0 Å². The SMILES string of the molecule is CCCCCCCCCC(C)C([O-])[O-]. The first-order chi connectivity index (χ1) is 6.68. The lowest BCUT2D eigenvalue weighted by molar-refractivity contribution is -0.668. The highest BCUT2D eigenvalue weighted by atomic mass is 16.5. The second kappa shape index (κ2) is 9.47. The van der Waals surface area contributed by atoms with Gasteiger partial charge in [0.15, 0.2) is 0 Å². The molecule has 0 saturated carbocycles. The predicted octanol–water partition coefficient (Wildman–Crippen LogP) is 1.81. The predicted molar refractivity (Wildman–Crippen MR) is 55.6 cm³/mol. The van der Waals surface area contributed by atoms with Gasteiger partial charge in [0.05, 0.1) is 0 Å². The smallest absolute Gasteiger partial charge is 0.0530 e. The Labute approximate surface area is 88.3 Å². The molecule has 1 unspecified atom stereocenters. The van der Waals surface area contributed by atoms with Crippen LogP contribution in [0.2, 0.25) is 0 Å². The molecule has 86 valence electrons. The molecule has 0 spiro atoms. The molecule has 0 amide bonds. The molecule has 0 radical (unpaired) electrons. The first kappa shape index (κ1) is 13.9. The van der Waals surface area contributed by atoms with Crippen molar-refractivity contribution in [3.05, 3.63) is 0 Å². The van der Waals surface area contributed by atoms with Gasteiger partial charge < -0.3 is 10.2 Å². The standard InChI is InChI=1S/C12H24O2/c1-3-4-5-6-7-8-9-10-11(2)12(13)14/h11-12H,3-10H2,1-2H3/q-2. The van der Waals surface area contributed by atoms with Crippen molar-refractivity contribution in [3.8, 4) is 0 Å². The maximum absolute atomic E-state index is 10.5. The van der Waals surface area contributed by atoms with Gasteiger partial charge in [-0.2, -0.15) is 0 Å². The summed E-state index contributed by atoms with van der Waals surface area (Å²) in [6.45, 7) is 3.98. The number of hydrogen-bond acceptors (Lipinski definition) is 2. The Bertz CT molecular complexity index is 113. The van der Waals surface area contributed by atoms with Crippen LogP contribution in [0.25, 0.3) is 0 Å². The Kier molecular flexibility index (Phi) is 9.42. The van der Waals surface area contributed by atoms with Gasteiger partial charge in [-0.05, 0) is 0 Å². The Hall–Kier alpha value is -0.0800. The van der Waals surface area contributed by atoms with Crippen LogP contribution < -0.4 is 10.2 Å². The van der Waals surface area contributed by atoms with Crippen molar-refractivity contribution in [3.63, 3.8) is 0 Å². The van der Waals surface area contributed by atoms with E-state index in [1.165, 1.54) is 38.5 Å². The van der Waals surface area contributed by atoms with Crippen molar-refractivity contribution in [1.29, 1.82) is 0 Å². The summed E-state index contributed by atoms with van der Waals surface area (Å²) in [6.07, 6.45) is 7.92. The molecular formula is C12H24O2-2. The van der Waals surface area contributed by atoms with Crippen molar-refractivity contribution in [2.45, 2.75) is 71.5 Å². The summed E-state index contributed by atoms with van der Waals surface area (Å²) in [5.74, 6) is -0.189. The van der Waals surface area contributed by atoms with Crippen LogP contribution in [0.4, 0.5) is 0 Å². The van der Waals surface area contributed by atoms with Gasteiger partial charge in [0.2, 0.25) is 0 Å². The maximum Gasteiger partial charge on any atom is -0.0530 e. The summed E-state index contributed by atoms with van der Waals surface area (Å²) >= 11 is 0. The Morgan fingerprint density at radius 3 is 1.86 bits per heavy atom. The first-order valence-corrected chi connectivity index (χ1v) is 6.00. The third kappa shape index (κ3) is 8.52. The van der Waals surface area contributed by atoms with Gasteiger partial charge >= 0.3 is 0 Å². The van der Waals surface area contributed by atoms with Gasteiger partial charge in [0.25, 0.3) is 0 Å². The van der Waals surface area contributed by atoms with Gasteiger partial charge in [-0.15, -0.1) is 0 Å². The van der Waals surface area contributed by atoms with Gasteiger partial charge in [-0.25, -0.2) is 6.29 Å². The van der Waals surface area contributed by atoms with Crippen LogP contribution in [-0.2, 0) is 0 Å². The van der Waals surface area contributed by atoms with E-state index in [4.69, 9.17) is 0 Å². The number of rotatable bonds is 9. The zero-order valence-electron chi connectivity index (χ0n) is 9.63. The number of unbranched alkanes of at least 4 members (excludes halogenated alkanes) is 6. The van der Waals surface area contributed by atoms with E-state index in [1.54, 1.807) is 6.92 Å². The zero-order chi connectivity index (χ0) is 10.8. The highest BCUT2D eigenvalue weighted by molar-refractivity contribution is 4.53. The summed E-state index contributed by atoms with van der Waals surface area (Å²) in [4.78, 5) is 0. The monoisotopic (exact) mass is 200 g/mol. The Balaban J connectivity index is 3.06. The second-order valence-corrected chi connectivity index (χ2v) is 4.26. The van der Waals surface area contributed by atoms with E-state index in [1.807, 2.05) is 0 Å². The Morgan fingerprint density at radius 2 is 1.36 bits per heavy atom. The van der Waals surface area contributed by atoms with Crippen LogP contribution in [0.1, 0.15) is 65.2 Å². The van der Waals surface area contributed by atoms with Crippen LogP contribution in [0.3, 0.4) is 0 Å². The minimum absolute atomic E-state index is 0.189. The van der Waals surface area contributed by atoms with Crippen LogP contribution in [0, 0.1) is 5.92 Å². The second-order valence-electron chi connectivity index (χ2n) is 4.26. The fourth-order valence-corrected chi connectivity index (χ4v) is 1.56. The fraction of sp³-hybridized carbons (Fsp3) is 1.00. The van der Waals surface area contributed by atoms with Gasteiger partial charge in [-0.3, -0.25) is 0 Å². The van der Waals surface area contributed by atoms with Crippen LogP contribution in [0.15, 0.2) is 0 Å². The molecule has 2 heteroatoms. The van der Waals surface area contributed by atoms with Crippen molar-refractivity contribution in [2.75, 3.05) is 0 Å². The van der Waals surface area contributed by atoms with Crippen molar-refractivity contribution < 1.29 is 10.2 Å². The molecular weight excluding hydrogens is 176 g/mol. The van der Waals surface area contributed by atoms with Gasteiger partial charge in [0, 0.05) is 0 Å². The maximum atomic E-state index is 10.5. The molecule has 0 rings (SSSR count). The average molecular weight is 200 g/mol. The molecule has 0 aliphatic rings. The molecule has 0 N–H and O–H groups in total. The molecule has 2 nitrogen and oxygen atoms in total. The third-order valence-electron chi connectivity index (χ3n) is 2.73. The van der Waals surface area contributed by atoms with Crippen molar-refractivity contribution >= 4 is 0 Å². The minimum Gasteiger partial charge on any atom is -0.865 e. The van der Waals surface area contributed by atoms with Crippen molar-refractivity contribution in [1.82, 2.24) is 0 Å².